The fourth-order valence-corrected chi connectivity index (χ4v) is 1.57. The third-order valence-corrected chi connectivity index (χ3v) is 2.76. The molecular formula is C12H21N3O2. The Morgan fingerprint density at radius 2 is 2.29 bits per heavy atom. The number of methoxy groups -OCH3 is 1. The Labute approximate surface area is 102 Å². The molecule has 1 fully saturated rings. The van der Waals surface area contributed by atoms with E-state index in [9.17, 15) is 0 Å². The molecule has 17 heavy (non-hydrogen) atoms. The molecule has 0 saturated heterocycles. The number of rotatable bonds is 9. The molecule has 2 rings (SSSR count). The van der Waals surface area contributed by atoms with Gasteiger partial charge in [-0.3, -0.25) is 4.68 Å². The Kier molecular flexibility index (Phi) is 4.97. The lowest BCUT2D eigenvalue weighted by Crippen LogP contribution is -2.14. The van der Waals surface area contributed by atoms with Crippen molar-refractivity contribution in [2.24, 2.45) is 0 Å². The first-order valence-corrected chi connectivity index (χ1v) is 6.20. The first kappa shape index (κ1) is 12.5. The van der Waals surface area contributed by atoms with Crippen molar-refractivity contribution in [3.05, 3.63) is 18.0 Å². The van der Waals surface area contributed by atoms with Crippen molar-refractivity contribution in [1.29, 1.82) is 0 Å². The highest BCUT2D eigenvalue weighted by Crippen LogP contribution is 2.19. The zero-order chi connectivity index (χ0) is 11.9. The summed E-state index contributed by atoms with van der Waals surface area (Å²) in [6.45, 7) is 3.70. The minimum atomic E-state index is 0.647. The van der Waals surface area contributed by atoms with Gasteiger partial charge in [-0.25, -0.2) is 0 Å². The molecule has 0 unspecified atom stereocenters. The summed E-state index contributed by atoms with van der Waals surface area (Å²) in [7, 11) is 1.68. The third kappa shape index (κ3) is 4.85. The smallest absolute Gasteiger partial charge is 0.0701 e. The second-order valence-corrected chi connectivity index (χ2v) is 4.37. The highest BCUT2D eigenvalue weighted by molar-refractivity contribution is 5.04. The van der Waals surface area contributed by atoms with Gasteiger partial charge in [-0.15, -0.1) is 0 Å². The molecule has 1 aromatic heterocycles. The summed E-state index contributed by atoms with van der Waals surface area (Å²) in [5, 5.41) is 7.77. The van der Waals surface area contributed by atoms with Crippen LogP contribution in [0.2, 0.25) is 0 Å². The van der Waals surface area contributed by atoms with Gasteiger partial charge >= 0.3 is 0 Å². The molecule has 1 aliphatic carbocycles. The van der Waals surface area contributed by atoms with Gasteiger partial charge in [0.25, 0.3) is 0 Å². The van der Waals surface area contributed by atoms with Crippen molar-refractivity contribution in [2.75, 3.05) is 26.9 Å². The monoisotopic (exact) mass is 239 g/mol. The van der Waals surface area contributed by atoms with Crippen molar-refractivity contribution in [2.45, 2.75) is 32.0 Å². The molecule has 0 amide bonds. The first-order valence-electron chi connectivity index (χ1n) is 6.20. The van der Waals surface area contributed by atoms with Crippen LogP contribution in [0, 0.1) is 0 Å². The molecule has 0 aromatic carbocycles. The summed E-state index contributed by atoms with van der Waals surface area (Å²) < 4.78 is 12.2. The van der Waals surface area contributed by atoms with Gasteiger partial charge in [0.2, 0.25) is 0 Å². The molecule has 1 N–H and O–H groups in total. The van der Waals surface area contributed by atoms with Crippen LogP contribution in [0.5, 0.6) is 0 Å². The number of ether oxygens (including phenoxy) is 2. The third-order valence-electron chi connectivity index (χ3n) is 2.76. The first-order chi connectivity index (χ1) is 8.38. The second-order valence-electron chi connectivity index (χ2n) is 4.37. The van der Waals surface area contributed by atoms with E-state index in [1.54, 1.807) is 7.11 Å². The van der Waals surface area contributed by atoms with Crippen LogP contribution in [-0.4, -0.2) is 42.8 Å². The van der Waals surface area contributed by atoms with Gasteiger partial charge in [0.05, 0.1) is 32.6 Å². The van der Waals surface area contributed by atoms with E-state index >= 15 is 0 Å². The molecule has 1 heterocycles. The largest absolute Gasteiger partial charge is 0.382 e. The number of nitrogens with one attached hydrogen (secondary N) is 1. The van der Waals surface area contributed by atoms with Crippen LogP contribution in [0.25, 0.3) is 0 Å². The van der Waals surface area contributed by atoms with E-state index in [1.165, 1.54) is 18.4 Å². The van der Waals surface area contributed by atoms with Crippen LogP contribution in [0.3, 0.4) is 0 Å². The standard InChI is InChI=1S/C12H21N3O2/c1-16-6-7-17-5-4-15-10-11(9-14-15)8-13-12-2-3-12/h9-10,12-13H,2-8H2,1H3. The molecule has 1 saturated carbocycles. The Morgan fingerprint density at radius 1 is 1.41 bits per heavy atom. The predicted octanol–water partition coefficient (Wildman–Crippen LogP) is 0.798. The van der Waals surface area contributed by atoms with Gasteiger partial charge < -0.3 is 14.8 Å². The highest BCUT2D eigenvalue weighted by Gasteiger charge is 2.20. The van der Waals surface area contributed by atoms with Gasteiger partial charge in [-0.05, 0) is 12.8 Å². The number of hydrogen-bond donors (Lipinski definition) is 1. The van der Waals surface area contributed by atoms with Crippen LogP contribution in [-0.2, 0) is 22.6 Å². The average molecular weight is 239 g/mol. The van der Waals surface area contributed by atoms with Crippen molar-refractivity contribution in [1.82, 2.24) is 15.1 Å². The van der Waals surface area contributed by atoms with E-state index < -0.39 is 0 Å². The molecule has 0 radical (unpaired) electrons. The predicted molar refractivity (Wildman–Crippen MR) is 64.8 cm³/mol. The number of nitrogens with zero attached hydrogens (tertiary/aromatic N) is 2. The molecule has 5 nitrogen and oxygen atoms in total. The average Bonchev–Trinajstić information content (AvgIpc) is 3.06. The Morgan fingerprint density at radius 3 is 3.06 bits per heavy atom. The van der Waals surface area contributed by atoms with E-state index in [4.69, 9.17) is 9.47 Å². The fourth-order valence-electron chi connectivity index (χ4n) is 1.57. The summed E-state index contributed by atoms with van der Waals surface area (Å²) in [5.74, 6) is 0. The van der Waals surface area contributed by atoms with Crippen LogP contribution < -0.4 is 5.32 Å². The van der Waals surface area contributed by atoms with Crippen molar-refractivity contribution in [3.63, 3.8) is 0 Å². The van der Waals surface area contributed by atoms with Crippen molar-refractivity contribution in [3.8, 4) is 0 Å². The normalized spacial score (nSPS) is 15.4. The zero-order valence-electron chi connectivity index (χ0n) is 10.4. The van der Waals surface area contributed by atoms with E-state index in [0.29, 0.717) is 19.8 Å². The molecule has 5 heteroatoms. The highest BCUT2D eigenvalue weighted by atomic mass is 16.5. The molecule has 0 atom stereocenters. The molecular weight excluding hydrogens is 218 g/mol. The zero-order valence-corrected chi connectivity index (χ0v) is 10.4. The number of aromatic nitrogens is 2. The quantitative estimate of drug-likeness (QED) is 0.648. The van der Waals surface area contributed by atoms with E-state index in [-0.39, 0.29) is 0 Å². The summed E-state index contributed by atoms with van der Waals surface area (Å²) in [5.41, 5.74) is 1.24. The Hall–Kier alpha value is -0.910. The van der Waals surface area contributed by atoms with Crippen LogP contribution in [0.4, 0.5) is 0 Å². The van der Waals surface area contributed by atoms with Gasteiger partial charge in [-0.2, -0.15) is 5.10 Å². The van der Waals surface area contributed by atoms with E-state index in [2.05, 4.69) is 16.6 Å². The maximum absolute atomic E-state index is 5.39. The second kappa shape index (κ2) is 6.74. The fraction of sp³-hybridized carbons (Fsp3) is 0.750. The summed E-state index contributed by atoms with van der Waals surface area (Å²) in [6.07, 6.45) is 6.64. The summed E-state index contributed by atoms with van der Waals surface area (Å²) >= 11 is 0. The minimum absolute atomic E-state index is 0.647. The Balaban J connectivity index is 1.59. The van der Waals surface area contributed by atoms with Gasteiger partial charge in [-0.1, -0.05) is 0 Å². The lowest BCUT2D eigenvalue weighted by molar-refractivity contribution is 0.0654. The SMILES string of the molecule is COCCOCCn1cc(CNC2CC2)cn1. The molecule has 0 spiro atoms. The van der Waals surface area contributed by atoms with Gasteiger partial charge in [0.15, 0.2) is 0 Å². The number of hydrogen-bond acceptors (Lipinski definition) is 4. The summed E-state index contributed by atoms with van der Waals surface area (Å²) in [6, 6.07) is 0.746. The molecule has 0 bridgehead atoms. The molecule has 1 aliphatic rings. The maximum Gasteiger partial charge on any atom is 0.0701 e. The van der Waals surface area contributed by atoms with Gasteiger partial charge in [0.1, 0.15) is 0 Å². The maximum atomic E-state index is 5.39. The van der Waals surface area contributed by atoms with Gasteiger partial charge in [0, 0.05) is 31.5 Å². The van der Waals surface area contributed by atoms with Crippen LogP contribution in [0.1, 0.15) is 18.4 Å². The molecule has 96 valence electrons. The lowest BCUT2D eigenvalue weighted by Gasteiger charge is -2.03. The Bertz CT molecular complexity index is 323. The van der Waals surface area contributed by atoms with Crippen LogP contribution in [0.15, 0.2) is 12.4 Å². The van der Waals surface area contributed by atoms with E-state index in [0.717, 1.165) is 19.1 Å². The minimum Gasteiger partial charge on any atom is -0.382 e. The molecule has 1 aromatic rings. The van der Waals surface area contributed by atoms with Crippen molar-refractivity contribution < 1.29 is 9.47 Å². The van der Waals surface area contributed by atoms with Crippen molar-refractivity contribution >= 4 is 0 Å². The molecule has 0 aliphatic heterocycles. The topological polar surface area (TPSA) is 48.3 Å². The van der Waals surface area contributed by atoms with Crippen LogP contribution >= 0.6 is 0 Å². The lowest BCUT2D eigenvalue weighted by atomic mass is 10.3. The van der Waals surface area contributed by atoms with E-state index in [1.807, 2.05) is 10.9 Å². The summed E-state index contributed by atoms with van der Waals surface area (Å²) in [4.78, 5) is 0.